The number of benzene rings is 2. The van der Waals surface area contributed by atoms with E-state index in [4.69, 9.17) is 4.42 Å². The van der Waals surface area contributed by atoms with Crippen molar-refractivity contribution in [1.29, 1.82) is 0 Å². The second-order valence-electron chi connectivity index (χ2n) is 7.98. The Morgan fingerprint density at radius 2 is 1.86 bits per heavy atom. The first-order chi connectivity index (χ1) is 16.8. The highest BCUT2D eigenvalue weighted by Crippen LogP contribution is 2.33. The van der Waals surface area contributed by atoms with Crippen molar-refractivity contribution in [2.75, 3.05) is 16.9 Å². The highest BCUT2D eigenvalue weighted by molar-refractivity contribution is 6.10. The van der Waals surface area contributed by atoms with Crippen molar-refractivity contribution in [2.24, 2.45) is 5.10 Å². The van der Waals surface area contributed by atoms with Crippen LogP contribution in [0.25, 0.3) is 0 Å². The molecular formula is C24H23N5O6. The number of aryl methyl sites for hydroxylation is 1. The molecule has 1 N–H and O–H groups in total. The van der Waals surface area contributed by atoms with Gasteiger partial charge in [0.1, 0.15) is 11.4 Å². The number of furan rings is 1. The Morgan fingerprint density at radius 1 is 1.11 bits per heavy atom. The Balaban J connectivity index is 1.67. The maximum atomic E-state index is 13.4. The zero-order valence-corrected chi connectivity index (χ0v) is 19.2. The Hall–Kier alpha value is -4.54. The molecule has 1 amide bonds. The number of hydrazone groups is 1. The Kier molecular flexibility index (Phi) is 6.58. The smallest absolute Gasteiger partial charge is 0.301 e. The van der Waals surface area contributed by atoms with Crippen LogP contribution in [0.2, 0.25) is 0 Å². The van der Waals surface area contributed by atoms with E-state index in [9.17, 15) is 25.0 Å². The van der Waals surface area contributed by atoms with E-state index in [2.05, 4.69) is 10.5 Å². The molecule has 35 heavy (non-hydrogen) atoms. The number of nitro groups is 2. The molecule has 0 unspecified atom stereocenters. The number of nitrogens with one attached hydrogen (secondary N) is 1. The van der Waals surface area contributed by atoms with Crippen LogP contribution >= 0.6 is 0 Å². The Morgan fingerprint density at radius 3 is 2.51 bits per heavy atom. The SMILES string of the molecule is CCN(C(=O)c1oc2c(c1C)/C(=N/Nc1ccc([N+](=O)[O-])cc1[N+](=O)[O-])CCC2)c1ccccc1. The number of para-hydroxylation sites is 1. The maximum absolute atomic E-state index is 13.4. The molecule has 0 aliphatic heterocycles. The molecule has 1 aliphatic carbocycles. The van der Waals surface area contributed by atoms with E-state index >= 15 is 0 Å². The number of nitro benzene ring substituents is 2. The first kappa shape index (κ1) is 23.6. The lowest BCUT2D eigenvalue weighted by Crippen LogP contribution is -2.30. The topological polar surface area (TPSA) is 144 Å². The fraction of sp³-hybridized carbons (Fsp3) is 0.250. The number of hydrogen-bond donors (Lipinski definition) is 1. The van der Waals surface area contributed by atoms with Gasteiger partial charge in [-0.25, -0.2) is 0 Å². The van der Waals surface area contributed by atoms with Crippen LogP contribution in [0, 0.1) is 27.2 Å². The number of rotatable bonds is 7. The van der Waals surface area contributed by atoms with Crippen molar-refractivity contribution in [3.05, 3.63) is 91.4 Å². The molecule has 0 saturated carbocycles. The largest absolute Gasteiger partial charge is 0.455 e. The monoisotopic (exact) mass is 477 g/mol. The van der Waals surface area contributed by atoms with E-state index in [1.807, 2.05) is 37.3 Å². The highest BCUT2D eigenvalue weighted by Gasteiger charge is 2.30. The fourth-order valence-electron chi connectivity index (χ4n) is 4.16. The molecule has 11 heteroatoms. The molecule has 0 spiro atoms. The standard InChI is InChI=1S/C24H23N5O6/c1-3-27(16-8-5-4-6-9-16)24(30)23-15(2)22-19(10-7-11-21(22)35-23)26-25-18-13-12-17(28(31)32)14-20(18)29(33)34/h4-6,8-9,12-14,25H,3,7,10-11H2,1-2H3/b26-19+. The third kappa shape index (κ3) is 4.60. The van der Waals surface area contributed by atoms with E-state index in [0.29, 0.717) is 42.0 Å². The molecule has 11 nitrogen and oxygen atoms in total. The van der Waals surface area contributed by atoms with Gasteiger partial charge < -0.3 is 9.32 Å². The molecule has 0 saturated heterocycles. The van der Waals surface area contributed by atoms with Crippen molar-refractivity contribution in [1.82, 2.24) is 0 Å². The summed E-state index contributed by atoms with van der Waals surface area (Å²) < 4.78 is 6.01. The van der Waals surface area contributed by atoms with Crippen LogP contribution in [0.15, 0.2) is 58.0 Å². The van der Waals surface area contributed by atoms with Crippen molar-refractivity contribution in [3.8, 4) is 0 Å². The first-order valence-corrected chi connectivity index (χ1v) is 11.1. The second kappa shape index (κ2) is 9.75. The van der Waals surface area contributed by atoms with Crippen molar-refractivity contribution in [3.63, 3.8) is 0 Å². The van der Waals surface area contributed by atoms with Crippen molar-refractivity contribution < 1.29 is 19.1 Å². The van der Waals surface area contributed by atoms with Crippen LogP contribution < -0.4 is 10.3 Å². The van der Waals surface area contributed by atoms with Crippen LogP contribution in [-0.2, 0) is 6.42 Å². The number of hydrogen-bond acceptors (Lipinski definition) is 8. The number of non-ortho nitro benzene ring substituents is 1. The molecule has 4 rings (SSSR count). The summed E-state index contributed by atoms with van der Waals surface area (Å²) in [6.07, 6.45) is 1.94. The van der Waals surface area contributed by atoms with E-state index in [-0.39, 0.29) is 23.0 Å². The number of nitrogens with zero attached hydrogens (tertiary/aromatic N) is 4. The predicted molar refractivity (Wildman–Crippen MR) is 130 cm³/mol. The van der Waals surface area contributed by atoms with Gasteiger partial charge in [-0.15, -0.1) is 0 Å². The van der Waals surface area contributed by atoms with Crippen molar-refractivity contribution in [2.45, 2.75) is 33.1 Å². The summed E-state index contributed by atoms with van der Waals surface area (Å²) in [5.41, 5.74) is 4.58. The second-order valence-corrected chi connectivity index (χ2v) is 7.98. The van der Waals surface area contributed by atoms with E-state index in [0.717, 1.165) is 18.2 Å². The number of fused-ring (bicyclic) bond motifs is 1. The molecule has 1 aliphatic rings. The summed E-state index contributed by atoms with van der Waals surface area (Å²) >= 11 is 0. The van der Waals surface area contributed by atoms with Crippen LogP contribution in [0.1, 0.15) is 47.2 Å². The van der Waals surface area contributed by atoms with E-state index < -0.39 is 15.5 Å². The van der Waals surface area contributed by atoms with Crippen LogP contribution in [0.5, 0.6) is 0 Å². The average molecular weight is 477 g/mol. The van der Waals surface area contributed by atoms with Gasteiger partial charge in [-0.3, -0.25) is 30.4 Å². The molecule has 180 valence electrons. The summed E-state index contributed by atoms with van der Waals surface area (Å²) in [5, 5.41) is 26.8. The molecule has 2 aromatic carbocycles. The summed E-state index contributed by atoms with van der Waals surface area (Å²) in [6, 6.07) is 12.6. The lowest BCUT2D eigenvalue weighted by molar-refractivity contribution is -0.393. The third-order valence-corrected chi connectivity index (χ3v) is 5.85. The molecule has 0 radical (unpaired) electrons. The molecule has 0 atom stereocenters. The highest BCUT2D eigenvalue weighted by atomic mass is 16.6. The quantitative estimate of drug-likeness (QED) is 0.362. The molecule has 0 fully saturated rings. The summed E-state index contributed by atoms with van der Waals surface area (Å²) in [4.78, 5) is 36.0. The lowest BCUT2D eigenvalue weighted by Gasteiger charge is -2.20. The maximum Gasteiger partial charge on any atom is 0.301 e. The first-order valence-electron chi connectivity index (χ1n) is 11.1. The fourth-order valence-corrected chi connectivity index (χ4v) is 4.16. The van der Waals surface area contributed by atoms with Crippen molar-refractivity contribution >= 4 is 34.4 Å². The van der Waals surface area contributed by atoms with Gasteiger partial charge in [0.2, 0.25) is 0 Å². The number of carbonyl (C=O) groups is 1. The number of carbonyl (C=O) groups excluding carboxylic acids is 1. The molecule has 1 heterocycles. The van der Waals surface area contributed by atoms with Gasteiger partial charge in [-0.2, -0.15) is 5.10 Å². The lowest BCUT2D eigenvalue weighted by atomic mass is 9.93. The minimum absolute atomic E-state index is 0.0268. The Bertz CT molecular complexity index is 1330. The molecular weight excluding hydrogens is 454 g/mol. The van der Waals surface area contributed by atoms with E-state index in [1.165, 1.54) is 12.1 Å². The van der Waals surface area contributed by atoms with Gasteiger partial charge in [0.25, 0.3) is 11.6 Å². The Labute approximate surface area is 200 Å². The van der Waals surface area contributed by atoms with E-state index in [1.54, 1.807) is 11.8 Å². The average Bonchev–Trinajstić information content (AvgIpc) is 3.20. The van der Waals surface area contributed by atoms with Crippen LogP contribution in [0.4, 0.5) is 22.7 Å². The van der Waals surface area contributed by atoms with Gasteiger partial charge in [0.05, 0.1) is 21.6 Å². The molecule has 1 aromatic heterocycles. The third-order valence-electron chi connectivity index (χ3n) is 5.85. The van der Waals surface area contributed by atoms with Gasteiger partial charge in [-0.05, 0) is 44.9 Å². The zero-order valence-electron chi connectivity index (χ0n) is 19.2. The predicted octanol–water partition coefficient (Wildman–Crippen LogP) is 5.22. The summed E-state index contributed by atoms with van der Waals surface area (Å²) in [6.45, 7) is 4.14. The summed E-state index contributed by atoms with van der Waals surface area (Å²) in [7, 11) is 0. The van der Waals surface area contributed by atoms with Crippen LogP contribution in [-0.4, -0.2) is 28.0 Å². The zero-order chi connectivity index (χ0) is 25.1. The van der Waals surface area contributed by atoms with Gasteiger partial charge in [0, 0.05) is 35.8 Å². The minimum Gasteiger partial charge on any atom is -0.455 e. The van der Waals surface area contributed by atoms with Crippen LogP contribution in [0.3, 0.4) is 0 Å². The number of anilines is 2. The molecule has 0 bridgehead atoms. The van der Waals surface area contributed by atoms with Gasteiger partial charge >= 0.3 is 5.69 Å². The normalized spacial score (nSPS) is 13.8. The minimum atomic E-state index is -0.704. The number of amides is 1. The molecule has 3 aromatic rings. The van der Waals surface area contributed by atoms with Gasteiger partial charge in [0.15, 0.2) is 5.76 Å². The van der Waals surface area contributed by atoms with Gasteiger partial charge in [-0.1, -0.05) is 18.2 Å². The summed E-state index contributed by atoms with van der Waals surface area (Å²) in [5.74, 6) is 0.612.